The first-order chi connectivity index (χ1) is 10.0. The number of benzene rings is 2. The second-order valence-corrected chi connectivity index (χ2v) is 7.14. The number of rotatable bonds is 4. The van der Waals surface area contributed by atoms with E-state index < -0.39 is 9.84 Å². The number of aromatic amines is 1. The van der Waals surface area contributed by atoms with Gasteiger partial charge in [0.1, 0.15) is 5.82 Å². The van der Waals surface area contributed by atoms with Gasteiger partial charge < -0.3 is 4.98 Å². The molecule has 0 atom stereocenters. The summed E-state index contributed by atoms with van der Waals surface area (Å²) in [7, 11) is -3.19. The molecule has 1 heterocycles. The van der Waals surface area contributed by atoms with Crippen LogP contribution in [0.3, 0.4) is 0 Å². The molecule has 0 aliphatic carbocycles. The SMILES string of the molecule is CS(=O)(=O)c1ccc2nc(CCc3ccccc3)[nH]c2c1. The van der Waals surface area contributed by atoms with Crippen LogP contribution >= 0.6 is 0 Å². The molecular formula is C16H16N2O2S. The number of hydrogen-bond acceptors (Lipinski definition) is 3. The maximum Gasteiger partial charge on any atom is 0.175 e. The van der Waals surface area contributed by atoms with E-state index in [1.807, 2.05) is 18.2 Å². The third-order valence-corrected chi connectivity index (χ3v) is 4.53. The fourth-order valence-corrected chi connectivity index (χ4v) is 2.95. The quantitative estimate of drug-likeness (QED) is 0.806. The van der Waals surface area contributed by atoms with E-state index in [9.17, 15) is 8.42 Å². The van der Waals surface area contributed by atoms with E-state index >= 15 is 0 Å². The Kier molecular flexibility index (Phi) is 3.51. The summed E-state index contributed by atoms with van der Waals surface area (Å²) in [5.74, 6) is 0.875. The van der Waals surface area contributed by atoms with E-state index in [2.05, 4.69) is 22.1 Å². The fourth-order valence-electron chi connectivity index (χ4n) is 2.30. The monoisotopic (exact) mass is 300 g/mol. The number of nitrogens with one attached hydrogen (secondary N) is 1. The Morgan fingerprint density at radius 2 is 1.81 bits per heavy atom. The molecule has 4 nitrogen and oxygen atoms in total. The summed E-state index contributed by atoms with van der Waals surface area (Å²) in [4.78, 5) is 8.02. The standard InChI is InChI=1S/C16H16N2O2S/c1-21(19,20)13-8-9-14-15(11-13)18-16(17-14)10-7-12-5-3-2-4-6-12/h2-6,8-9,11H,7,10H2,1H3,(H,17,18). The summed E-state index contributed by atoms with van der Waals surface area (Å²) in [6.45, 7) is 0. The average molecular weight is 300 g/mol. The molecule has 0 radical (unpaired) electrons. The van der Waals surface area contributed by atoms with Crippen LogP contribution in [0.25, 0.3) is 11.0 Å². The van der Waals surface area contributed by atoms with Gasteiger partial charge in [0.2, 0.25) is 0 Å². The molecule has 5 heteroatoms. The van der Waals surface area contributed by atoms with E-state index in [-0.39, 0.29) is 0 Å². The molecule has 0 aliphatic heterocycles. The highest BCUT2D eigenvalue weighted by Crippen LogP contribution is 2.18. The van der Waals surface area contributed by atoms with Gasteiger partial charge in [0, 0.05) is 12.7 Å². The van der Waals surface area contributed by atoms with E-state index in [0.29, 0.717) is 4.90 Å². The van der Waals surface area contributed by atoms with Gasteiger partial charge in [-0.15, -0.1) is 0 Å². The fraction of sp³-hybridized carbons (Fsp3) is 0.188. The molecule has 3 rings (SSSR count). The number of nitrogens with zero attached hydrogens (tertiary/aromatic N) is 1. The van der Waals surface area contributed by atoms with Crippen molar-refractivity contribution in [3.05, 3.63) is 59.9 Å². The average Bonchev–Trinajstić information content (AvgIpc) is 2.87. The lowest BCUT2D eigenvalue weighted by Crippen LogP contribution is -1.96. The maximum absolute atomic E-state index is 11.6. The van der Waals surface area contributed by atoms with Crippen LogP contribution in [0.15, 0.2) is 53.4 Å². The molecule has 1 aromatic heterocycles. The molecule has 0 amide bonds. The summed E-state index contributed by atoms with van der Waals surface area (Å²) in [6, 6.07) is 15.2. The van der Waals surface area contributed by atoms with Crippen LogP contribution in [0.4, 0.5) is 0 Å². The van der Waals surface area contributed by atoms with E-state index in [1.165, 1.54) is 11.8 Å². The van der Waals surface area contributed by atoms with Crippen LogP contribution in [0.5, 0.6) is 0 Å². The van der Waals surface area contributed by atoms with Gasteiger partial charge in [0.15, 0.2) is 9.84 Å². The first-order valence-electron chi connectivity index (χ1n) is 6.75. The number of hydrogen-bond donors (Lipinski definition) is 1. The molecule has 1 N–H and O–H groups in total. The summed E-state index contributed by atoms with van der Waals surface area (Å²) >= 11 is 0. The Balaban J connectivity index is 1.84. The van der Waals surface area contributed by atoms with Crippen molar-refractivity contribution in [1.29, 1.82) is 0 Å². The summed E-state index contributed by atoms with van der Waals surface area (Å²) in [5, 5.41) is 0. The Bertz CT molecular complexity index is 868. The van der Waals surface area contributed by atoms with Crippen LogP contribution < -0.4 is 0 Å². The zero-order valence-corrected chi connectivity index (χ0v) is 12.5. The smallest absolute Gasteiger partial charge is 0.175 e. The molecule has 2 aromatic carbocycles. The van der Waals surface area contributed by atoms with Gasteiger partial charge in [-0.2, -0.15) is 0 Å². The molecule has 3 aromatic rings. The van der Waals surface area contributed by atoms with Crippen molar-refractivity contribution < 1.29 is 8.42 Å². The molecule has 0 bridgehead atoms. The normalized spacial score (nSPS) is 11.9. The van der Waals surface area contributed by atoms with E-state index in [0.717, 1.165) is 29.7 Å². The van der Waals surface area contributed by atoms with Crippen LogP contribution in [0.2, 0.25) is 0 Å². The third-order valence-electron chi connectivity index (χ3n) is 3.42. The number of sulfone groups is 1. The van der Waals surface area contributed by atoms with Crippen molar-refractivity contribution in [2.75, 3.05) is 6.26 Å². The largest absolute Gasteiger partial charge is 0.342 e. The van der Waals surface area contributed by atoms with Crippen LogP contribution in [0.1, 0.15) is 11.4 Å². The second-order valence-electron chi connectivity index (χ2n) is 5.12. The van der Waals surface area contributed by atoms with Gasteiger partial charge in [-0.3, -0.25) is 0 Å². The first kappa shape index (κ1) is 13.8. The Hall–Kier alpha value is -2.14. The van der Waals surface area contributed by atoms with Gasteiger partial charge in [-0.05, 0) is 30.2 Å². The topological polar surface area (TPSA) is 62.8 Å². The van der Waals surface area contributed by atoms with E-state index in [1.54, 1.807) is 18.2 Å². The molecule has 21 heavy (non-hydrogen) atoms. The van der Waals surface area contributed by atoms with Crippen LogP contribution in [-0.2, 0) is 22.7 Å². The Morgan fingerprint density at radius 1 is 1.05 bits per heavy atom. The number of imidazole rings is 1. The zero-order valence-electron chi connectivity index (χ0n) is 11.7. The van der Waals surface area contributed by atoms with Crippen molar-refractivity contribution in [2.24, 2.45) is 0 Å². The Labute approximate surface area is 123 Å². The predicted octanol–water partition coefficient (Wildman–Crippen LogP) is 2.75. The van der Waals surface area contributed by atoms with Crippen molar-refractivity contribution in [1.82, 2.24) is 9.97 Å². The maximum atomic E-state index is 11.6. The summed E-state index contributed by atoms with van der Waals surface area (Å²) < 4.78 is 23.1. The lowest BCUT2D eigenvalue weighted by Gasteiger charge is -1.98. The lowest BCUT2D eigenvalue weighted by atomic mass is 10.1. The van der Waals surface area contributed by atoms with Crippen LogP contribution in [0, 0.1) is 0 Å². The molecule has 108 valence electrons. The minimum atomic E-state index is -3.19. The lowest BCUT2D eigenvalue weighted by molar-refractivity contribution is 0.602. The van der Waals surface area contributed by atoms with Gasteiger partial charge in [0.25, 0.3) is 0 Å². The number of fused-ring (bicyclic) bond motifs is 1. The van der Waals surface area contributed by atoms with Crippen molar-refractivity contribution in [3.63, 3.8) is 0 Å². The molecule has 0 aliphatic rings. The highest BCUT2D eigenvalue weighted by atomic mass is 32.2. The van der Waals surface area contributed by atoms with Crippen LogP contribution in [-0.4, -0.2) is 24.6 Å². The molecule has 0 saturated carbocycles. The number of H-pyrrole nitrogens is 1. The van der Waals surface area contributed by atoms with Crippen molar-refractivity contribution >= 4 is 20.9 Å². The van der Waals surface area contributed by atoms with Crippen molar-refractivity contribution in [2.45, 2.75) is 17.7 Å². The highest BCUT2D eigenvalue weighted by molar-refractivity contribution is 7.90. The predicted molar refractivity (Wildman–Crippen MR) is 83.1 cm³/mol. The second kappa shape index (κ2) is 5.33. The highest BCUT2D eigenvalue weighted by Gasteiger charge is 2.10. The number of aromatic nitrogens is 2. The summed E-state index contributed by atoms with van der Waals surface area (Å²) in [5.41, 5.74) is 2.82. The Morgan fingerprint density at radius 3 is 2.52 bits per heavy atom. The third kappa shape index (κ3) is 3.13. The van der Waals surface area contributed by atoms with Gasteiger partial charge in [-0.25, -0.2) is 13.4 Å². The van der Waals surface area contributed by atoms with Gasteiger partial charge in [0.05, 0.1) is 15.9 Å². The minimum Gasteiger partial charge on any atom is -0.342 e. The molecule has 0 spiro atoms. The molecular weight excluding hydrogens is 284 g/mol. The summed E-state index contributed by atoms with van der Waals surface area (Å²) in [6.07, 6.45) is 2.91. The zero-order chi connectivity index (χ0) is 14.9. The van der Waals surface area contributed by atoms with Crippen molar-refractivity contribution in [3.8, 4) is 0 Å². The van der Waals surface area contributed by atoms with Gasteiger partial charge in [-0.1, -0.05) is 30.3 Å². The first-order valence-corrected chi connectivity index (χ1v) is 8.64. The van der Waals surface area contributed by atoms with E-state index in [4.69, 9.17) is 0 Å². The van der Waals surface area contributed by atoms with Gasteiger partial charge >= 0.3 is 0 Å². The molecule has 0 unspecified atom stereocenters. The molecule has 0 saturated heterocycles. The number of aryl methyl sites for hydroxylation is 2. The minimum absolute atomic E-state index is 0.313. The molecule has 0 fully saturated rings.